The lowest BCUT2D eigenvalue weighted by molar-refractivity contribution is 0.125. The largest absolute Gasteiger partial charge is 0.309 e. The van der Waals surface area contributed by atoms with E-state index in [0.29, 0.717) is 0 Å². The maximum absolute atomic E-state index is 2.57. The average Bonchev–Trinajstić information content (AvgIpc) is 3.73. The van der Waals surface area contributed by atoms with Crippen LogP contribution < -0.4 is 4.90 Å². The summed E-state index contributed by atoms with van der Waals surface area (Å²) in [6.07, 6.45) is 0. The van der Waals surface area contributed by atoms with Crippen LogP contribution in [-0.4, -0.2) is 0 Å². The highest BCUT2D eigenvalue weighted by molar-refractivity contribution is 7.26. The molecule has 2 heteroatoms. The summed E-state index contributed by atoms with van der Waals surface area (Å²) in [7, 11) is 0. The van der Waals surface area contributed by atoms with Gasteiger partial charge in [-0.15, -0.1) is 11.3 Å². The monoisotopic (exact) mass is 743 g/mol. The second-order valence-electron chi connectivity index (χ2n) is 18.2. The van der Waals surface area contributed by atoms with Crippen molar-refractivity contribution < 1.29 is 0 Å². The zero-order chi connectivity index (χ0) is 38.8. The quantitative estimate of drug-likeness (QED) is 0.170. The van der Waals surface area contributed by atoms with Gasteiger partial charge in [-0.25, -0.2) is 0 Å². The fraction of sp³-hybridized carbons (Fsp3) is 0.222. The van der Waals surface area contributed by atoms with Gasteiger partial charge in [-0.1, -0.05) is 165 Å². The summed E-state index contributed by atoms with van der Waals surface area (Å²) >= 11 is 1.94. The third-order valence-corrected chi connectivity index (χ3v) is 15.7. The van der Waals surface area contributed by atoms with Gasteiger partial charge in [0.05, 0.1) is 11.4 Å². The zero-order valence-electron chi connectivity index (χ0n) is 33.8. The normalized spacial score (nSPS) is 16.8. The molecule has 1 nitrogen and oxygen atoms in total. The predicted molar refractivity (Wildman–Crippen MR) is 242 cm³/mol. The highest BCUT2D eigenvalue weighted by Crippen LogP contribution is 2.63. The second kappa shape index (κ2) is 12.0. The SMILES string of the molecule is CC1(C)c2ccccc2-c2c(N(c3ccc(-c4ccc(-c5ccccc5)cc4)cc3)c3cccc4sc5cc6c(cc5c34)C(C)(C)C(C)(C)C6(C)C)cccc21. The molecule has 0 radical (unpaired) electrons. The third kappa shape index (κ3) is 4.78. The number of thiophene rings is 1. The first-order valence-electron chi connectivity index (χ1n) is 20.1. The molecule has 56 heavy (non-hydrogen) atoms. The van der Waals surface area contributed by atoms with Crippen molar-refractivity contribution in [1.29, 1.82) is 0 Å². The van der Waals surface area contributed by atoms with Gasteiger partial charge in [-0.2, -0.15) is 0 Å². The molecule has 0 bridgehead atoms. The summed E-state index contributed by atoms with van der Waals surface area (Å²) in [5.41, 5.74) is 17.0. The van der Waals surface area contributed by atoms with Gasteiger partial charge in [-0.05, 0) is 109 Å². The smallest absolute Gasteiger partial charge is 0.0555 e. The van der Waals surface area contributed by atoms with Crippen molar-refractivity contribution in [3.63, 3.8) is 0 Å². The molecule has 10 rings (SSSR count). The van der Waals surface area contributed by atoms with E-state index in [1.165, 1.54) is 87.2 Å². The van der Waals surface area contributed by atoms with Crippen LogP contribution in [0.25, 0.3) is 53.6 Å². The standard InChI is InChI=1S/C54H49NS/c1-51(2)41-19-13-12-18-39(41)49-42(51)20-14-21-45(49)55(38-30-28-37(29-31-38)36-26-24-35(25-27-36)34-16-10-9-11-17-34)46-22-15-23-47-50(46)40-32-43-44(33-48(40)56-47)53(5,6)54(7,8)52(43,3)4/h9-33H,1-8H3. The number of nitrogens with zero attached hydrogens (tertiary/aromatic N) is 1. The minimum absolute atomic E-state index is 0.0214. The van der Waals surface area contributed by atoms with Crippen LogP contribution in [0.3, 0.4) is 0 Å². The van der Waals surface area contributed by atoms with Crippen molar-refractivity contribution >= 4 is 48.6 Å². The number of benzene rings is 7. The number of hydrogen-bond acceptors (Lipinski definition) is 2. The van der Waals surface area contributed by atoms with Crippen molar-refractivity contribution in [2.45, 2.75) is 71.6 Å². The Morgan fingerprint density at radius 3 is 1.64 bits per heavy atom. The van der Waals surface area contributed by atoms with Crippen LogP contribution in [0.2, 0.25) is 0 Å². The second-order valence-corrected chi connectivity index (χ2v) is 19.3. The molecule has 0 unspecified atom stereocenters. The Balaban J connectivity index is 1.19. The molecule has 276 valence electrons. The molecule has 2 aliphatic carbocycles. The number of rotatable bonds is 5. The van der Waals surface area contributed by atoms with E-state index in [-0.39, 0.29) is 21.7 Å². The van der Waals surface area contributed by atoms with E-state index in [1.807, 2.05) is 11.3 Å². The molecule has 0 saturated heterocycles. The Labute approximate surface area is 336 Å². The number of hydrogen-bond donors (Lipinski definition) is 0. The molecule has 0 spiro atoms. The van der Waals surface area contributed by atoms with Crippen molar-refractivity contribution in [2.75, 3.05) is 4.90 Å². The van der Waals surface area contributed by atoms with Gasteiger partial charge in [0.2, 0.25) is 0 Å². The molecule has 0 amide bonds. The molecule has 8 aromatic rings. The van der Waals surface area contributed by atoms with E-state index in [2.05, 4.69) is 212 Å². The lowest BCUT2D eigenvalue weighted by atomic mass is 9.59. The summed E-state index contributed by atoms with van der Waals surface area (Å²) in [4.78, 5) is 2.56. The number of anilines is 3. The van der Waals surface area contributed by atoms with Gasteiger partial charge >= 0.3 is 0 Å². The van der Waals surface area contributed by atoms with E-state index in [4.69, 9.17) is 0 Å². The van der Waals surface area contributed by atoms with E-state index in [0.717, 1.165) is 5.69 Å². The molecule has 0 fully saturated rings. The van der Waals surface area contributed by atoms with Crippen molar-refractivity contribution in [3.8, 4) is 33.4 Å². The molecule has 1 aromatic heterocycles. The Hall–Kier alpha value is -5.44. The Kier molecular flexibility index (Phi) is 7.52. The Morgan fingerprint density at radius 1 is 0.429 bits per heavy atom. The minimum atomic E-state index is -0.101. The fourth-order valence-electron chi connectivity index (χ4n) is 10.1. The molecule has 0 saturated carbocycles. The van der Waals surface area contributed by atoms with Crippen LogP contribution >= 0.6 is 11.3 Å². The fourth-order valence-corrected chi connectivity index (χ4v) is 11.3. The Morgan fingerprint density at radius 2 is 0.964 bits per heavy atom. The van der Waals surface area contributed by atoms with Crippen LogP contribution in [0.4, 0.5) is 17.1 Å². The summed E-state index contributed by atoms with van der Waals surface area (Å²) in [6, 6.07) is 56.8. The zero-order valence-corrected chi connectivity index (χ0v) is 34.6. The summed E-state index contributed by atoms with van der Waals surface area (Å²) < 4.78 is 2.69. The topological polar surface area (TPSA) is 3.24 Å². The highest BCUT2D eigenvalue weighted by atomic mass is 32.1. The van der Waals surface area contributed by atoms with Crippen LogP contribution in [-0.2, 0) is 16.2 Å². The van der Waals surface area contributed by atoms with E-state index in [1.54, 1.807) is 0 Å². The molecule has 1 heterocycles. The molecule has 0 atom stereocenters. The lowest BCUT2D eigenvalue weighted by Gasteiger charge is -2.44. The molecule has 7 aromatic carbocycles. The van der Waals surface area contributed by atoms with Gasteiger partial charge in [-0.3, -0.25) is 0 Å². The molecule has 2 aliphatic rings. The predicted octanol–water partition coefficient (Wildman–Crippen LogP) is 15.8. The van der Waals surface area contributed by atoms with Crippen LogP contribution in [0.5, 0.6) is 0 Å². The molecular weight excluding hydrogens is 695 g/mol. The van der Waals surface area contributed by atoms with Crippen LogP contribution in [0, 0.1) is 5.41 Å². The van der Waals surface area contributed by atoms with Crippen molar-refractivity contribution in [3.05, 3.63) is 174 Å². The van der Waals surface area contributed by atoms with E-state index < -0.39 is 0 Å². The van der Waals surface area contributed by atoms with Gasteiger partial charge in [0.15, 0.2) is 0 Å². The van der Waals surface area contributed by atoms with Gasteiger partial charge in [0, 0.05) is 36.8 Å². The molecule has 0 aliphatic heterocycles. The maximum Gasteiger partial charge on any atom is 0.0555 e. The average molecular weight is 744 g/mol. The first kappa shape index (κ1) is 35.0. The van der Waals surface area contributed by atoms with Gasteiger partial charge in [0.25, 0.3) is 0 Å². The van der Waals surface area contributed by atoms with Crippen LogP contribution in [0.1, 0.15) is 77.6 Å². The minimum Gasteiger partial charge on any atom is -0.309 e. The van der Waals surface area contributed by atoms with Crippen LogP contribution in [0.15, 0.2) is 152 Å². The molecular formula is C54H49NS. The first-order chi connectivity index (χ1) is 26.8. The summed E-state index contributed by atoms with van der Waals surface area (Å²) in [5.74, 6) is 0. The van der Waals surface area contributed by atoms with E-state index >= 15 is 0 Å². The van der Waals surface area contributed by atoms with Gasteiger partial charge < -0.3 is 4.90 Å². The first-order valence-corrected chi connectivity index (χ1v) is 20.9. The third-order valence-electron chi connectivity index (χ3n) is 14.6. The van der Waals surface area contributed by atoms with E-state index in [9.17, 15) is 0 Å². The summed E-state index contributed by atoms with van der Waals surface area (Å²) in [5, 5.41) is 2.69. The van der Waals surface area contributed by atoms with Gasteiger partial charge in [0.1, 0.15) is 0 Å². The lowest BCUT2D eigenvalue weighted by Crippen LogP contribution is -2.42. The maximum atomic E-state index is 2.57. The molecule has 0 N–H and O–H groups in total. The number of fused-ring (bicyclic) bond motifs is 7. The highest BCUT2D eigenvalue weighted by Gasteiger charge is 2.57. The Bertz CT molecular complexity index is 2830. The van der Waals surface area contributed by atoms with Crippen molar-refractivity contribution in [2.24, 2.45) is 5.41 Å². The summed E-state index contributed by atoms with van der Waals surface area (Å²) in [6.45, 7) is 19.5. The van der Waals surface area contributed by atoms with Crippen molar-refractivity contribution in [1.82, 2.24) is 0 Å².